The topological polar surface area (TPSA) is 57.7 Å². The summed E-state index contributed by atoms with van der Waals surface area (Å²) in [6, 6.07) is 10.9. The Morgan fingerprint density at radius 2 is 1.89 bits per heavy atom. The fraction of sp³-hybridized carbons (Fsp3) is 0.455. The third-order valence-electron chi connectivity index (χ3n) is 6.22. The number of aromatic nitrogens is 1. The number of urea groups is 1. The van der Waals surface area contributed by atoms with Gasteiger partial charge in [0, 0.05) is 38.3 Å². The van der Waals surface area contributed by atoms with E-state index in [4.69, 9.17) is 4.74 Å². The summed E-state index contributed by atoms with van der Waals surface area (Å²) >= 11 is 0. The van der Waals surface area contributed by atoms with Gasteiger partial charge in [-0.05, 0) is 55.0 Å². The van der Waals surface area contributed by atoms with Crippen molar-refractivity contribution in [1.29, 1.82) is 0 Å². The molecule has 2 fully saturated rings. The number of carbonyl (C=O) groups is 1. The van der Waals surface area contributed by atoms with Crippen LogP contribution < -0.4 is 15.0 Å². The van der Waals surface area contributed by atoms with E-state index >= 15 is 0 Å². The van der Waals surface area contributed by atoms with E-state index in [1.54, 1.807) is 11.1 Å². The number of carbonyl (C=O) groups excluding carboxylic acids is 1. The number of benzene rings is 1. The van der Waals surface area contributed by atoms with Crippen LogP contribution in [0.3, 0.4) is 0 Å². The van der Waals surface area contributed by atoms with E-state index in [0.717, 1.165) is 36.9 Å². The average molecular weight is 378 g/mol. The molecule has 3 aliphatic rings. The van der Waals surface area contributed by atoms with Gasteiger partial charge in [-0.2, -0.15) is 0 Å². The number of ether oxygens (including phenoxy) is 1. The van der Waals surface area contributed by atoms with Crippen molar-refractivity contribution < 1.29 is 9.53 Å². The van der Waals surface area contributed by atoms with Gasteiger partial charge in [-0.15, -0.1) is 0 Å². The van der Waals surface area contributed by atoms with Crippen molar-refractivity contribution in [3.8, 4) is 11.6 Å². The standard InChI is InChI=1S/C22H26N4O2/c27-22-23-10-13-26(22)19-5-7-21(24-15-19)28-20-6-4-16-8-11-25(18-2-1-3-18)12-9-17(16)14-20/h4-7,14-15,18H,1-3,8-13H2,(H,23,27). The highest BCUT2D eigenvalue weighted by Gasteiger charge is 2.26. The highest BCUT2D eigenvalue weighted by atomic mass is 16.5. The molecule has 28 heavy (non-hydrogen) atoms. The van der Waals surface area contributed by atoms with E-state index in [1.165, 1.54) is 36.9 Å². The molecule has 2 aliphatic heterocycles. The van der Waals surface area contributed by atoms with Gasteiger partial charge in [0.1, 0.15) is 5.75 Å². The van der Waals surface area contributed by atoms with Crippen LogP contribution in [0.5, 0.6) is 11.6 Å². The van der Waals surface area contributed by atoms with Crippen LogP contribution in [0.1, 0.15) is 30.4 Å². The molecule has 0 radical (unpaired) electrons. The Morgan fingerprint density at radius 1 is 1.04 bits per heavy atom. The Morgan fingerprint density at radius 3 is 2.57 bits per heavy atom. The average Bonchev–Trinajstić information content (AvgIpc) is 2.99. The molecule has 2 aromatic rings. The first-order valence-electron chi connectivity index (χ1n) is 10.3. The smallest absolute Gasteiger partial charge is 0.322 e. The van der Waals surface area contributed by atoms with Gasteiger partial charge in [0.05, 0.1) is 11.9 Å². The van der Waals surface area contributed by atoms with E-state index < -0.39 is 0 Å². The molecule has 1 saturated carbocycles. The normalized spacial score (nSPS) is 20.3. The maximum absolute atomic E-state index is 11.8. The molecule has 1 saturated heterocycles. The first-order chi connectivity index (χ1) is 13.8. The summed E-state index contributed by atoms with van der Waals surface area (Å²) in [5, 5.41) is 2.80. The molecule has 1 aliphatic carbocycles. The van der Waals surface area contributed by atoms with Crippen molar-refractivity contribution in [2.24, 2.45) is 0 Å². The second-order valence-corrected chi connectivity index (χ2v) is 7.89. The van der Waals surface area contributed by atoms with E-state index in [0.29, 0.717) is 19.0 Å². The van der Waals surface area contributed by atoms with Crippen LogP contribution in [0.4, 0.5) is 10.5 Å². The summed E-state index contributed by atoms with van der Waals surface area (Å²) in [6.45, 7) is 3.66. The Hall–Kier alpha value is -2.60. The van der Waals surface area contributed by atoms with Gasteiger partial charge in [-0.1, -0.05) is 12.5 Å². The minimum absolute atomic E-state index is 0.0721. The van der Waals surface area contributed by atoms with Crippen LogP contribution in [0.25, 0.3) is 0 Å². The second-order valence-electron chi connectivity index (χ2n) is 7.89. The SMILES string of the molecule is O=C1NCCN1c1ccc(Oc2ccc3c(c2)CCN(C2CCC2)CC3)nc1. The molecule has 0 bridgehead atoms. The first kappa shape index (κ1) is 17.5. The Kier molecular flexibility index (Phi) is 4.64. The molecule has 0 atom stereocenters. The zero-order valence-electron chi connectivity index (χ0n) is 16.1. The number of hydrogen-bond donors (Lipinski definition) is 1. The second kappa shape index (κ2) is 7.43. The zero-order valence-corrected chi connectivity index (χ0v) is 16.1. The summed E-state index contributed by atoms with van der Waals surface area (Å²) in [4.78, 5) is 20.5. The number of hydrogen-bond acceptors (Lipinski definition) is 4. The van der Waals surface area contributed by atoms with Crippen molar-refractivity contribution in [3.63, 3.8) is 0 Å². The van der Waals surface area contributed by atoms with Crippen molar-refractivity contribution in [3.05, 3.63) is 47.7 Å². The van der Waals surface area contributed by atoms with E-state index in [1.807, 2.05) is 18.2 Å². The predicted molar refractivity (Wildman–Crippen MR) is 108 cm³/mol. The van der Waals surface area contributed by atoms with Gasteiger partial charge in [0.2, 0.25) is 5.88 Å². The van der Waals surface area contributed by atoms with Gasteiger partial charge in [-0.3, -0.25) is 9.80 Å². The van der Waals surface area contributed by atoms with Crippen molar-refractivity contribution in [2.45, 2.75) is 38.1 Å². The Bertz CT molecular complexity index is 863. The number of nitrogens with zero attached hydrogens (tertiary/aromatic N) is 3. The molecule has 5 rings (SSSR count). The molecular formula is C22H26N4O2. The number of nitrogens with one attached hydrogen (secondary N) is 1. The van der Waals surface area contributed by atoms with Gasteiger partial charge in [0.25, 0.3) is 0 Å². The number of anilines is 1. The molecular weight excluding hydrogens is 352 g/mol. The highest BCUT2D eigenvalue weighted by molar-refractivity contribution is 5.93. The van der Waals surface area contributed by atoms with Crippen LogP contribution in [-0.2, 0) is 12.8 Å². The molecule has 1 aromatic carbocycles. The van der Waals surface area contributed by atoms with Crippen LogP contribution in [-0.4, -0.2) is 48.1 Å². The minimum atomic E-state index is -0.0721. The largest absolute Gasteiger partial charge is 0.439 e. The molecule has 146 valence electrons. The number of amides is 2. The summed E-state index contributed by atoms with van der Waals surface area (Å²) in [6.07, 6.45) is 8.02. The lowest BCUT2D eigenvalue weighted by atomic mass is 9.91. The van der Waals surface area contributed by atoms with Gasteiger partial charge in [0.15, 0.2) is 0 Å². The highest BCUT2D eigenvalue weighted by Crippen LogP contribution is 2.30. The molecule has 0 unspecified atom stereocenters. The van der Waals surface area contributed by atoms with Crippen LogP contribution in [0.2, 0.25) is 0 Å². The third-order valence-corrected chi connectivity index (χ3v) is 6.22. The molecule has 6 heteroatoms. The minimum Gasteiger partial charge on any atom is -0.439 e. The summed E-state index contributed by atoms with van der Waals surface area (Å²) in [5.74, 6) is 1.38. The maximum atomic E-state index is 11.8. The molecule has 2 amide bonds. The van der Waals surface area contributed by atoms with E-state index in [-0.39, 0.29) is 6.03 Å². The Labute approximate surface area is 165 Å². The maximum Gasteiger partial charge on any atom is 0.322 e. The molecule has 1 aromatic heterocycles. The molecule has 3 heterocycles. The Balaban J connectivity index is 1.26. The quantitative estimate of drug-likeness (QED) is 0.886. The lowest BCUT2D eigenvalue weighted by Gasteiger charge is -2.36. The van der Waals surface area contributed by atoms with E-state index in [9.17, 15) is 4.79 Å². The molecule has 1 N–H and O–H groups in total. The third kappa shape index (κ3) is 3.44. The van der Waals surface area contributed by atoms with Crippen molar-refractivity contribution >= 4 is 11.7 Å². The summed E-state index contributed by atoms with van der Waals surface area (Å²) in [7, 11) is 0. The fourth-order valence-electron chi connectivity index (χ4n) is 4.33. The summed E-state index contributed by atoms with van der Waals surface area (Å²) < 4.78 is 5.99. The predicted octanol–water partition coefficient (Wildman–Crippen LogP) is 3.36. The van der Waals surface area contributed by atoms with Crippen molar-refractivity contribution in [2.75, 3.05) is 31.1 Å². The number of rotatable bonds is 4. The number of fused-ring (bicyclic) bond motifs is 1. The van der Waals surface area contributed by atoms with Crippen LogP contribution in [0.15, 0.2) is 36.5 Å². The lowest BCUT2D eigenvalue weighted by Crippen LogP contribution is -2.41. The molecule has 0 spiro atoms. The summed E-state index contributed by atoms with van der Waals surface area (Å²) in [5.41, 5.74) is 3.63. The molecule has 6 nitrogen and oxygen atoms in total. The fourth-order valence-corrected chi connectivity index (χ4v) is 4.33. The number of pyridine rings is 1. The zero-order chi connectivity index (χ0) is 18.9. The van der Waals surface area contributed by atoms with Crippen LogP contribution >= 0.6 is 0 Å². The van der Waals surface area contributed by atoms with Gasteiger partial charge < -0.3 is 10.1 Å². The van der Waals surface area contributed by atoms with Gasteiger partial charge >= 0.3 is 6.03 Å². The van der Waals surface area contributed by atoms with E-state index in [2.05, 4.69) is 27.3 Å². The monoisotopic (exact) mass is 378 g/mol. The lowest BCUT2D eigenvalue weighted by molar-refractivity contribution is 0.133. The van der Waals surface area contributed by atoms with Crippen LogP contribution in [0, 0.1) is 0 Å². The first-order valence-corrected chi connectivity index (χ1v) is 10.3. The van der Waals surface area contributed by atoms with Crippen molar-refractivity contribution in [1.82, 2.24) is 15.2 Å². The van der Waals surface area contributed by atoms with Gasteiger partial charge in [-0.25, -0.2) is 9.78 Å².